The smallest absolute Gasteiger partial charge is 0.306 e. The Labute approximate surface area is 130 Å². The first-order valence-corrected chi connectivity index (χ1v) is 7.41. The summed E-state index contributed by atoms with van der Waals surface area (Å²) in [5.74, 6) is -6.78. The number of amides is 1. The first kappa shape index (κ1) is 15.8. The van der Waals surface area contributed by atoms with E-state index in [9.17, 15) is 22.8 Å². The number of nitrogens with zero attached hydrogens (tertiary/aromatic N) is 1. The van der Waals surface area contributed by atoms with Crippen LogP contribution < -0.4 is 4.90 Å². The largest absolute Gasteiger partial charge is 0.481 e. The molecule has 1 aromatic rings. The second kappa shape index (κ2) is 5.25. The molecule has 0 radical (unpaired) electrons. The van der Waals surface area contributed by atoms with Crippen molar-refractivity contribution in [3.63, 3.8) is 0 Å². The highest BCUT2D eigenvalue weighted by atomic mass is 19.3. The maximum Gasteiger partial charge on any atom is 0.306 e. The van der Waals surface area contributed by atoms with Crippen LogP contribution in [0.15, 0.2) is 24.3 Å². The van der Waals surface area contributed by atoms with Crippen molar-refractivity contribution < 1.29 is 27.9 Å². The summed E-state index contributed by atoms with van der Waals surface area (Å²) in [6, 6.07) is 5.38. The van der Waals surface area contributed by atoms with Crippen LogP contribution in [0.1, 0.15) is 25.7 Å². The second-order valence-corrected chi connectivity index (χ2v) is 6.44. The fourth-order valence-electron chi connectivity index (χ4n) is 3.78. The Morgan fingerprint density at radius 2 is 2.04 bits per heavy atom. The average molecular weight is 327 g/mol. The molecule has 1 spiro atoms. The third-order valence-corrected chi connectivity index (χ3v) is 4.76. The molecule has 1 aliphatic carbocycles. The van der Waals surface area contributed by atoms with Crippen LogP contribution in [0.2, 0.25) is 0 Å². The van der Waals surface area contributed by atoms with E-state index in [1.807, 2.05) is 0 Å². The molecular weight excluding hydrogens is 311 g/mol. The minimum Gasteiger partial charge on any atom is -0.481 e. The van der Waals surface area contributed by atoms with Crippen molar-refractivity contribution in [2.75, 3.05) is 11.4 Å². The van der Waals surface area contributed by atoms with Crippen molar-refractivity contribution in [1.82, 2.24) is 0 Å². The van der Waals surface area contributed by atoms with Crippen LogP contribution in [0.25, 0.3) is 0 Å². The highest BCUT2D eigenvalue weighted by Gasteiger charge is 2.58. The first-order valence-electron chi connectivity index (χ1n) is 7.41. The monoisotopic (exact) mass is 327 g/mol. The zero-order valence-electron chi connectivity index (χ0n) is 12.3. The summed E-state index contributed by atoms with van der Waals surface area (Å²) >= 11 is 0. The van der Waals surface area contributed by atoms with E-state index >= 15 is 0 Å². The van der Waals surface area contributed by atoms with Crippen LogP contribution in [-0.2, 0) is 9.59 Å². The molecule has 4 nitrogen and oxygen atoms in total. The van der Waals surface area contributed by atoms with Crippen LogP contribution in [0, 0.1) is 17.2 Å². The van der Waals surface area contributed by atoms with E-state index in [2.05, 4.69) is 0 Å². The second-order valence-electron chi connectivity index (χ2n) is 6.44. The van der Waals surface area contributed by atoms with Gasteiger partial charge < -0.3 is 10.0 Å². The van der Waals surface area contributed by atoms with E-state index in [1.54, 1.807) is 0 Å². The Balaban J connectivity index is 1.91. The Morgan fingerprint density at radius 3 is 2.70 bits per heavy atom. The number of benzene rings is 1. The summed E-state index contributed by atoms with van der Waals surface area (Å²) < 4.78 is 41.3. The van der Waals surface area contributed by atoms with Gasteiger partial charge in [0.05, 0.1) is 11.3 Å². The third kappa shape index (κ3) is 2.80. The number of hydrogen-bond donors (Lipinski definition) is 1. The highest BCUT2D eigenvalue weighted by Crippen LogP contribution is 2.53. The number of rotatable bonds is 2. The Morgan fingerprint density at radius 1 is 1.30 bits per heavy atom. The van der Waals surface area contributed by atoms with Crippen molar-refractivity contribution in [2.24, 2.45) is 11.3 Å². The van der Waals surface area contributed by atoms with Crippen molar-refractivity contribution in [2.45, 2.75) is 31.6 Å². The molecule has 0 bridgehead atoms. The van der Waals surface area contributed by atoms with Gasteiger partial charge in [0, 0.05) is 25.1 Å². The van der Waals surface area contributed by atoms with Crippen molar-refractivity contribution >= 4 is 17.6 Å². The molecule has 1 saturated carbocycles. The molecule has 2 fully saturated rings. The molecule has 1 aliphatic heterocycles. The molecule has 1 amide bonds. The zero-order chi connectivity index (χ0) is 16.8. The summed E-state index contributed by atoms with van der Waals surface area (Å²) in [6.45, 7) is 0.185. The quantitative estimate of drug-likeness (QED) is 0.908. The standard InChI is InChI=1S/C16H16F3NO3/c17-11-2-1-3-12(6-11)20-5-4-15(14(20)23)7-10(13(21)22)8-16(18,19)9-15/h1-3,6,10H,4-5,7-9H2,(H,21,22)/t10-,15?/m0/s1. The van der Waals surface area contributed by atoms with Gasteiger partial charge in [-0.1, -0.05) is 6.07 Å². The predicted octanol–water partition coefficient (Wildman–Crippen LogP) is 3.07. The van der Waals surface area contributed by atoms with Crippen LogP contribution in [0.4, 0.5) is 18.9 Å². The average Bonchev–Trinajstić information content (AvgIpc) is 2.74. The molecule has 3 rings (SSSR count). The lowest BCUT2D eigenvalue weighted by Gasteiger charge is -2.39. The molecule has 2 atom stereocenters. The molecule has 124 valence electrons. The van der Waals surface area contributed by atoms with Gasteiger partial charge in [0.15, 0.2) is 0 Å². The van der Waals surface area contributed by atoms with Crippen molar-refractivity contribution in [3.8, 4) is 0 Å². The normalized spacial score (nSPS) is 30.0. The van der Waals surface area contributed by atoms with Gasteiger partial charge >= 0.3 is 5.97 Å². The third-order valence-electron chi connectivity index (χ3n) is 4.76. The zero-order valence-corrected chi connectivity index (χ0v) is 12.3. The van der Waals surface area contributed by atoms with Crippen LogP contribution in [0.3, 0.4) is 0 Å². The Kier molecular flexibility index (Phi) is 3.61. The molecule has 1 aromatic carbocycles. The van der Waals surface area contributed by atoms with Crippen molar-refractivity contribution in [1.29, 1.82) is 0 Å². The lowest BCUT2D eigenvalue weighted by atomic mass is 9.67. The molecular formula is C16H16F3NO3. The van der Waals surface area contributed by atoms with E-state index in [0.717, 1.165) is 0 Å². The number of halogens is 3. The molecule has 1 N–H and O–H groups in total. The number of alkyl halides is 2. The van der Waals surface area contributed by atoms with Gasteiger partial charge in [-0.3, -0.25) is 9.59 Å². The van der Waals surface area contributed by atoms with Gasteiger partial charge in [-0.05, 0) is 31.0 Å². The van der Waals surface area contributed by atoms with E-state index in [1.165, 1.54) is 29.2 Å². The maximum absolute atomic E-state index is 14.0. The lowest BCUT2D eigenvalue weighted by molar-refractivity contribution is -0.160. The number of aliphatic carboxylic acids is 1. The highest BCUT2D eigenvalue weighted by molar-refractivity contribution is 6.00. The van der Waals surface area contributed by atoms with Gasteiger partial charge in [-0.15, -0.1) is 0 Å². The minimum atomic E-state index is -3.19. The maximum atomic E-state index is 14.0. The molecule has 1 heterocycles. The van der Waals surface area contributed by atoms with Gasteiger partial charge in [0.1, 0.15) is 5.82 Å². The Hall–Kier alpha value is -2.05. The molecule has 0 aromatic heterocycles. The molecule has 1 saturated heterocycles. The number of hydrogen-bond acceptors (Lipinski definition) is 2. The van der Waals surface area contributed by atoms with Crippen LogP contribution in [0.5, 0.6) is 0 Å². The molecule has 23 heavy (non-hydrogen) atoms. The summed E-state index contributed by atoms with van der Waals surface area (Å²) in [5, 5.41) is 9.11. The molecule has 2 aliphatic rings. The molecule has 1 unspecified atom stereocenters. The van der Waals surface area contributed by atoms with Gasteiger partial charge in [-0.25, -0.2) is 13.2 Å². The summed E-state index contributed by atoms with van der Waals surface area (Å²) in [4.78, 5) is 25.2. The fraction of sp³-hybridized carbons (Fsp3) is 0.500. The van der Waals surface area contributed by atoms with E-state index in [4.69, 9.17) is 5.11 Å². The van der Waals surface area contributed by atoms with Gasteiger partial charge in [-0.2, -0.15) is 0 Å². The van der Waals surface area contributed by atoms with Gasteiger partial charge in [0.25, 0.3) is 0 Å². The number of anilines is 1. The summed E-state index contributed by atoms with van der Waals surface area (Å²) in [6.07, 6.45) is -1.32. The summed E-state index contributed by atoms with van der Waals surface area (Å²) in [7, 11) is 0. The molecule has 7 heteroatoms. The van der Waals surface area contributed by atoms with Crippen LogP contribution in [-0.4, -0.2) is 29.5 Å². The van der Waals surface area contributed by atoms with Gasteiger partial charge in [0.2, 0.25) is 11.8 Å². The summed E-state index contributed by atoms with van der Waals surface area (Å²) in [5.41, 5.74) is -1.07. The lowest BCUT2D eigenvalue weighted by Crippen LogP contribution is -2.46. The van der Waals surface area contributed by atoms with E-state index < -0.39 is 47.8 Å². The SMILES string of the molecule is O=C(O)[C@@H]1CC(F)(F)CC2(CCN(c3cccc(F)c3)C2=O)C1. The van der Waals surface area contributed by atoms with E-state index in [-0.39, 0.29) is 19.4 Å². The van der Waals surface area contributed by atoms with Crippen molar-refractivity contribution in [3.05, 3.63) is 30.1 Å². The van der Waals surface area contributed by atoms with E-state index in [0.29, 0.717) is 5.69 Å². The fourth-order valence-corrected chi connectivity index (χ4v) is 3.78. The predicted molar refractivity (Wildman–Crippen MR) is 75.7 cm³/mol. The number of carbonyl (C=O) groups excluding carboxylic acids is 1. The van der Waals surface area contributed by atoms with Crippen LogP contribution >= 0.6 is 0 Å². The number of carboxylic acid groups (broad SMARTS) is 1. The number of carboxylic acids is 1. The minimum absolute atomic E-state index is 0.0947. The number of carbonyl (C=O) groups is 2. The first-order chi connectivity index (χ1) is 10.7. The topological polar surface area (TPSA) is 57.6 Å². The Bertz CT molecular complexity index is 664.